The van der Waals surface area contributed by atoms with Crippen LogP contribution in [-0.2, 0) is 4.74 Å². The van der Waals surface area contributed by atoms with Crippen LogP contribution in [0.15, 0.2) is 30.3 Å². The zero-order valence-electron chi connectivity index (χ0n) is 15.8. The van der Waals surface area contributed by atoms with E-state index in [-0.39, 0.29) is 28.4 Å². The molecule has 7 N–H and O–H groups in total. The first-order valence-electron chi connectivity index (χ1n) is 9.28. The van der Waals surface area contributed by atoms with E-state index in [1.54, 1.807) is 0 Å². The largest absolute Gasteiger partial charge is 0.504 e. The topological polar surface area (TPSA) is 186 Å². The smallest absolute Gasteiger partial charge is 0.229 e. The number of ketones is 1. The van der Waals surface area contributed by atoms with Gasteiger partial charge in [0.05, 0.1) is 12.2 Å². The van der Waals surface area contributed by atoms with E-state index in [9.17, 15) is 40.5 Å². The van der Waals surface area contributed by atoms with E-state index in [0.717, 1.165) is 6.07 Å². The number of aliphatic hydroxyl groups excluding tert-OH is 4. The van der Waals surface area contributed by atoms with Crippen molar-refractivity contribution in [3.8, 4) is 28.7 Å². The van der Waals surface area contributed by atoms with Gasteiger partial charge in [-0.2, -0.15) is 0 Å². The van der Waals surface area contributed by atoms with Gasteiger partial charge < -0.3 is 50.0 Å². The minimum atomic E-state index is -1.69. The van der Waals surface area contributed by atoms with Crippen molar-refractivity contribution >= 4 is 5.78 Å². The molecular formula is C20H20O11. The maximum atomic E-state index is 12.7. The summed E-state index contributed by atoms with van der Waals surface area (Å²) in [7, 11) is 0. The van der Waals surface area contributed by atoms with Crippen LogP contribution in [0.5, 0.6) is 28.7 Å². The minimum absolute atomic E-state index is 0.0382. The van der Waals surface area contributed by atoms with Gasteiger partial charge in [-0.25, -0.2) is 0 Å². The monoisotopic (exact) mass is 436 g/mol. The lowest BCUT2D eigenvalue weighted by molar-refractivity contribution is -0.277. The summed E-state index contributed by atoms with van der Waals surface area (Å²) >= 11 is 0. The number of phenols is 3. The number of aromatic hydroxyl groups is 3. The average Bonchev–Trinajstić information content (AvgIpc) is 3.09. The molecule has 2 aliphatic heterocycles. The number of carbonyl (C=O) groups excluding carboxylic acids is 1. The van der Waals surface area contributed by atoms with Gasteiger partial charge in [-0.15, -0.1) is 0 Å². The van der Waals surface area contributed by atoms with Crippen LogP contribution in [0.25, 0.3) is 0 Å². The van der Waals surface area contributed by atoms with E-state index in [1.165, 1.54) is 24.3 Å². The third-order valence-corrected chi connectivity index (χ3v) is 5.23. The van der Waals surface area contributed by atoms with Gasteiger partial charge in [-0.05, 0) is 24.3 Å². The zero-order chi connectivity index (χ0) is 22.4. The average molecular weight is 436 g/mol. The van der Waals surface area contributed by atoms with Crippen molar-refractivity contribution in [2.45, 2.75) is 36.8 Å². The number of Topliss-reactive ketones (excluding diaryl/α,β-unsaturated/α-hetero) is 1. The van der Waals surface area contributed by atoms with E-state index >= 15 is 0 Å². The summed E-state index contributed by atoms with van der Waals surface area (Å²) in [4.78, 5) is 12.7. The summed E-state index contributed by atoms with van der Waals surface area (Å²) in [5.74, 6) is -2.34. The molecule has 0 aromatic heterocycles. The Morgan fingerprint density at radius 3 is 2.35 bits per heavy atom. The van der Waals surface area contributed by atoms with Crippen LogP contribution in [0, 0.1) is 0 Å². The molecule has 2 aromatic rings. The number of carbonyl (C=O) groups is 1. The minimum Gasteiger partial charge on any atom is -0.504 e. The van der Waals surface area contributed by atoms with E-state index in [2.05, 4.69) is 0 Å². The maximum Gasteiger partial charge on any atom is 0.229 e. The number of ether oxygens (including phenoxy) is 3. The molecule has 0 radical (unpaired) electrons. The van der Waals surface area contributed by atoms with Crippen LogP contribution in [0.2, 0.25) is 0 Å². The van der Waals surface area contributed by atoms with Crippen LogP contribution in [0.1, 0.15) is 22.0 Å². The molecule has 2 aliphatic rings. The number of aliphatic hydroxyl groups is 4. The maximum absolute atomic E-state index is 12.7. The van der Waals surface area contributed by atoms with E-state index in [0.29, 0.717) is 0 Å². The van der Waals surface area contributed by atoms with Gasteiger partial charge in [-0.1, -0.05) is 6.07 Å². The van der Waals surface area contributed by atoms with Crippen molar-refractivity contribution < 1.29 is 54.8 Å². The number of hydrogen-bond donors (Lipinski definition) is 7. The number of phenolic OH excluding ortho intramolecular Hbond substituents is 3. The fourth-order valence-corrected chi connectivity index (χ4v) is 3.49. The third-order valence-electron chi connectivity index (χ3n) is 5.23. The molecule has 2 aromatic carbocycles. The first kappa shape index (κ1) is 21.2. The Morgan fingerprint density at radius 1 is 0.935 bits per heavy atom. The summed E-state index contributed by atoms with van der Waals surface area (Å²) in [5.41, 5.74) is 0.281. The van der Waals surface area contributed by atoms with Gasteiger partial charge in [-0.3, -0.25) is 4.79 Å². The van der Waals surface area contributed by atoms with Crippen LogP contribution in [0.3, 0.4) is 0 Å². The SMILES string of the molecule is O=C1c2ccc(O[C@@H]3O[C@@H](CO)[C@@H](O)[C@@H](O)[C@@H]3O)c(O)c2O[C@@H]1c1ccc(O)c(O)c1. The molecule has 0 spiro atoms. The Labute approximate surface area is 174 Å². The standard InChI is InChI=1S/C20H20O11/c21-6-12-14(25)16(27)17(28)20(30-12)29-11-4-2-8-13(24)18(31-19(8)15(11)26)7-1-3-9(22)10(23)5-7/h1-5,12,14,16-18,20-23,25-28H,6H2/t12-,14+,16+,17-,18+,20+/m0/s1. The van der Waals surface area contributed by atoms with Gasteiger partial charge in [0.25, 0.3) is 0 Å². The fourth-order valence-electron chi connectivity index (χ4n) is 3.49. The Morgan fingerprint density at radius 2 is 1.68 bits per heavy atom. The summed E-state index contributed by atoms with van der Waals surface area (Å²) in [6, 6.07) is 6.28. The van der Waals surface area contributed by atoms with Crippen molar-refractivity contribution in [2.75, 3.05) is 6.61 Å². The lowest BCUT2D eigenvalue weighted by Gasteiger charge is -2.39. The molecule has 0 amide bonds. The molecule has 166 valence electrons. The molecule has 0 bridgehead atoms. The first-order valence-corrected chi connectivity index (χ1v) is 9.28. The molecule has 0 aliphatic carbocycles. The summed E-state index contributed by atoms with van der Waals surface area (Å²) in [5, 5.41) is 68.7. The number of fused-ring (bicyclic) bond motifs is 1. The molecule has 0 unspecified atom stereocenters. The van der Waals surface area contributed by atoms with Gasteiger partial charge in [0, 0.05) is 5.56 Å². The van der Waals surface area contributed by atoms with Gasteiger partial charge in [0.2, 0.25) is 17.8 Å². The number of benzene rings is 2. The normalized spacial score (nSPS) is 30.0. The predicted molar refractivity (Wildman–Crippen MR) is 100.0 cm³/mol. The second-order valence-electron chi connectivity index (χ2n) is 7.21. The Hall–Kier alpha value is -3.09. The Bertz CT molecular complexity index is 1000. The summed E-state index contributed by atoms with van der Waals surface area (Å²) in [6.07, 6.45) is -8.87. The molecule has 11 nitrogen and oxygen atoms in total. The van der Waals surface area contributed by atoms with Crippen molar-refractivity contribution in [2.24, 2.45) is 0 Å². The van der Waals surface area contributed by atoms with Crippen LogP contribution in [-0.4, -0.2) is 78.8 Å². The first-order chi connectivity index (χ1) is 14.7. The lowest BCUT2D eigenvalue weighted by Crippen LogP contribution is -2.60. The van der Waals surface area contributed by atoms with Crippen molar-refractivity contribution in [1.82, 2.24) is 0 Å². The second kappa shape index (κ2) is 7.87. The van der Waals surface area contributed by atoms with E-state index in [4.69, 9.17) is 14.2 Å². The summed E-state index contributed by atoms with van der Waals surface area (Å²) < 4.78 is 16.2. The lowest BCUT2D eigenvalue weighted by atomic mass is 9.99. The fraction of sp³-hybridized carbons (Fsp3) is 0.350. The molecule has 1 fully saturated rings. The van der Waals surface area contributed by atoms with Crippen LogP contribution < -0.4 is 9.47 Å². The highest BCUT2D eigenvalue weighted by Gasteiger charge is 2.45. The molecule has 6 atom stereocenters. The Balaban J connectivity index is 1.59. The van der Waals surface area contributed by atoms with Crippen molar-refractivity contribution in [3.63, 3.8) is 0 Å². The highest BCUT2D eigenvalue weighted by molar-refractivity contribution is 6.06. The molecule has 2 heterocycles. The number of rotatable bonds is 4. The van der Waals surface area contributed by atoms with Crippen molar-refractivity contribution in [1.29, 1.82) is 0 Å². The number of hydrogen-bond acceptors (Lipinski definition) is 11. The van der Waals surface area contributed by atoms with Gasteiger partial charge in [0.1, 0.15) is 24.4 Å². The quantitative estimate of drug-likeness (QED) is 0.300. The predicted octanol–water partition coefficient (Wildman–Crippen LogP) is -0.702. The Kier molecular flexibility index (Phi) is 5.37. The molecule has 1 saturated heterocycles. The summed E-state index contributed by atoms with van der Waals surface area (Å²) in [6.45, 7) is -0.653. The molecule has 31 heavy (non-hydrogen) atoms. The van der Waals surface area contributed by atoms with Crippen molar-refractivity contribution in [3.05, 3.63) is 41.5 Å². The third kappa shape index (κ3) is 3.52. The van der Waals surface area contributed by atoms with E-state index in [1.807, 2.05) is 0 Å². The highest BCUT2D eigenvalue weighted by Crippen LogP contribution is 2.48. The van der Waals surface area contributed by atoms with Crippen LogP contribution >= 0.6 is 0 Å². The second-order valence-corrected chi connectivity index (χ2v) is 7.21. The molecule has 0 saturated carbocycles. The van der Waals surface area contributed by atoms with Gasteiger partial charge >= 0.3 is 0 Å². The molecule has 4 rings (SSSR count). The highest BCUT2D eigenvalue weighted by atomic mass is 16.7. The van der Waals surface area contributed by atoms with Crippen LogP contribution in [0.4, 0.5) is 0 Å². The molecule has 11 heteroatoms. The molecular weight excluding hydrogens is 416 g/mol. The zero-order valence-corrected chi connectivity index (χ0v) is 15.8. The van der Waals surface area contributed by atoms with E-state index < -0.39 is 60.7 Å². The van der Waals surface area contributed by atoms with Gasteiger partial charge in [0.15, 0.2) is 29.1 Å².